The van der Waals surface area contributed by atoms with E-state index in [1.54, 1.807) is 0 Å². The van der Waals surface area contributed by atoms with Crippen LogP contribution in [-0.4, -0.2) is 24.5 Å². The summed E-state index contributed by atoms with van der Waals surface area (Å²) in [5, 5.41) is 0. The summed E-state index contributed by atoms with van der Waals surface area (Å²) >= 11 is 0. The molecule has 3 N–H and O–H groups in total. The van der Waals surface area contributed by atoms with Crippen molar-refractivity contribution >= 4 is 0 Å². The quantitative estimate of drug-likeness (QED) is 0.593. The van der Waals surface area contributed by atoms with Crippen molar-refractivity contribution in [1.82, 2.24) is 10.3 Å². The van der Waals surface area contributed by atoms with Crippen molar-refractivity contribution in [2.75, 3.05) is 19.6 Å². The molecule has 88 valence electrons. The van der Waals surface area contributed by atoms with E-state index in [-0.39, 0.29) is 0 Å². The highest BCUT2D eigenvalue weighted by molar-refractivity contribution is 5.14. The van der Waals surface area contributed by atoms with Crippen molar-refractivity contribution in [3.05, 3.63) is 35.9 Å². The molecular formula is C13H21N3. The lowest BCUT2D eigenvalue weighted by molar-refractivity contribution is 0.165. The van der Waals surface area contributed by atoms with Crippen LogP contribution in [0.15, 0.2) is 30.3 Å². The molecule has 0 radical (unpaired) electrons. The maximum absolute atomic E-state index is 5.39. The van der Waals surface area contributed by atoms with Crippen LogP contribution in [-0.2, 0) is 6.54 Å². The molecule has 1 saturated heterocycles. The number of nitrogens with one attached hydrogen (secondary N) is 1. The average molecular weight is 219 g/mol. The fourth-order valence-corrected chi connectivity index (χ4v) is 2.47. The molecule has 0 bridgehead atoms. The Kier molecular flexibility index (Phi) is 4.34. The molecule has 0 amide bonds. The Hall–Kier alpha value is -0.900. The number of nitrogens with two attached hydrogens (primary N) is 1. The molecule has 2 rings (SSSR count). The largest absolute Gasteiger partial charge is 0.299 e. The van der Waals surface area contributed by atoms with Crippen LogP contribution in [0.4, 0.5) is 0 Å². The summed E-state index contributed by atoms with van der Waals surface area (Å²) in [5.41, 5.74) is 4.20. The number of hydrogen-bond acceptors (Lipinski definition) is 3. The third-order valence-electron chi connectivity index (χ3n) is 3.26. The number of likely N-dealkylation sites (tertiary alicyclic amines) is 1. The van der Waals surface area contributed by atoms with Crippen LogP contribution in [0.3, 0.4) is 0 Å². The van der Waals surface area contributed by atoms with Gasteiger partial charge in [0.1, 0.15) is 0 Å². The predicted octanol–water partition coefficient (Wildman–Crippen LogP) is 1.36. The Labute approximate surface area is 97.6 Å². The van der Waals surface area contributed by atoms with Gasteiger partial charge in [-0.05, 0) is 30.9 Å². The zero-order valence-electron chi connectivity index (χ0n) is 9.73. The van der Waals surface area contributed by atoms with Gasteiger partial charge in [-0.15, -0.1) is 0 Å². The van der Waals surface area contributed by atoms with E-state index in [2.05, 4.69) is 40.7 Å². The maximum atomic E-state index is 5.39. The molecule has 0 aromatic heterocycles. The number of hydrogen-bond donors (Lipinski definition) is 2. The van der Waals surface area contributed by atoms with Crippen molar-refractivity contribution in [1.29, 1.82) is 0 Å². The molecule has 1 heterocycles. The zero-order chi connectivity index (χ0) is 11.2. The molecule has 1 unspecified atom stereocenters. The lowest BCUT2D eigenvalue weighted by atomic mass is 9.98. The van der Waals surface area contributed by atoms with Gasteiger partial charge >= 0.3 is 0 Å². The molecule has 0 spiro atoms. The van der Waals surface area contributed by atoms with Crippen molar-refractivity contribution < 1.29 is 0 Å². The Morgan fingerprint density at radius 3 is 2.88 bits per heavy atom. The van der Waals surface area contributed by atoms with Crippen molar-refractivity contribution in [3.8, 4) is 0 Å². The zero-order valence-corrected chi connectivity index (χ0v) is 9.73. The molecule has 0 aliphatic carbocycles. The first-order chi connectivity index (χ1) is 7.88. The van der Waals surface area contributed by atoms with Gasteiger partial charge in [-0.1, -0.05) is 30.3 Å². The number of hydrazine groups is 1. The van der Waals surface area contributed by atoms with Gasteiger partial charge in [-0.3, -0.25) is 16.2 Å². The topological polar surface area (TPSA) is 41.3 Å². The predicted molar refractivity (Wildman–Crippen MR) is 66.6 cm³/mol. The third-order valence-corrected chi connectivity index (χ3v) is 3.26. The summed E-state index contributed by atoms with van der Waals surface area (Å²) in [5.74, 6) is 6.10. The smallest absolute Gasteiger partial charge is 0.0233 e. The molecule has 16 heavy (non-hydrogen) atoms. The first kappa shape index (κ1) is 11.6. The van der Waals surface area contributed by atoms with Gasteiger partial charge in [0.05, 0.1) is 0 Å². The normalized spacial score (nSPS) is 22.2. The van der Waals surface area contributed by atoms with E-state index in [0.717, 1.165) is 13.1 Å². The molecule has 1 aliphatic rings. The molecule has 1 atom stereocenters. The number of rotatable bonds is 4. The third kappa shape index (κ3) is 3.30. The Bertz CT molecular complexity index is 297. The van der Waals surface area contributed by atoms with Gasteiger partial charge in [0, 0.05) is 19.6 Å². The van der Waals surface area contributed by atoms with Crippen LogP contribution in [0.2, 0.25) is 0 Å². The van der Waals surface area contributed by atoms with Gasteiger partial charge in [0.15, 0.2) is 0 Å². The number of benzene rings is 1. The van der Waals surface area contributed by atoms with Crippen molar-refractivity contribution in [3.63, 3.8) is 0 Å². The summed E-state index contributed by atoms with van der Waals surface area (Å²) in [6, 6.07) is 10.7. The highest BCUT2D eigenvalue weighted by Crippen LogP contribution is 2.17. The lowest BCUT2D eigenvalue weighted by Gasteiger charge is -2.32. The minimum Gasteiger partial charge on any atom is -0.299 e. The van der Waals surface area contributed by atoms with Gasteiger partial charge in [0.25, 0.3) is 0 Å². The Morgan fingerprint density at radius 2 is 2.12 bits per heavy atom. The fourth-order valence-electron chi connectivity index (χ4n) is 2.47. The standard InChI is InChI=1S/C13H21N3/c14-15-9-13-7-4-8-16(11-13)10-12-5-2-1-3-6-12/h1-3,5-6,13,15H,4,7-11,14H2. The molecule has 1 aromatic rings. The van der Waals surface area contributed by atoms with E-state index >= 15 is 0 Å². The summed E-state index contributed by atoms with van der Waals surface area (Å²) in [4.78, 5) is 2.53. The van der Waals surface area contributed by atoms with E-state index in [9.17, 15) is 0 Å². The summed E-state index contributed by atoms with van der Waals surface area (Å²) in [7, 11) is 0. The highest BCUT2D eigenvalue weighted by atomic mass is 15.2. The first-order valence-corrected chi connectivity index (χ1v) is 6.08. The summed E-state index contributed by atoms with van der Waals surface area (Å²) < 4.78 is 0. The summed E-state index contributed by atoms with van der Waals surface area (Å²) in [6.07, 6.45) is 2.59. The second kappa shape index (κ2) is 5.99. The fraction of sp³-hybridized carbons (Fsp3) is 0.538. The monoisotopic (exact) mass is 219 g/mol. The van der Waals surface area contributed by atoms with Crippen LogP contribution < -0.4 is 11.3 Å². The second-order valence-electron chi connectivity index (χ2n) is 4.64. The number of piperidine rings is 1. The van der Waals surface area contributed by atoms with E-state index in [1.165, 1.54) is 31.5 Å². The Balaban J connectivity index is 1.85. The molecule has 3 heteroatoms. The number of nitrogens with zero attached hydrogens (tertiary/aromatic N) is 1. The van der Waals surface area contributed by atoms with Crippen LogP contribution in [0.1, 0.15) is 18.4 Å². The van der Waals surface area contributed by atoms with E-state index in [0.29, 0.717) is 5.92 Å². The SMILES string of the molecule is NNCC1CCCN(Cc2ccccc2)C1. The lowest BCUT2D eigenvalue weighted by Crippen LogP contribution is -2.40. The van der Waals surface area contributed by atoms with E-state index < -0.39 is 0 Å². The summed E-state index contributed by atoms with van der Waals surface area (Å²) in [6.45, 7) is 4.39. The van der Waals surface area contributed by atoms with Crippen LogP contribution in [0.5, 0.6) is 0 Å². The van der Waals surface area contributed by atoms with Gasteiger partial charge in [-0.25, -0.2) is 0 Å². The molecular weight excluding hydrogens is 198 g/mol. The first-order valence-electron chi connectivity index (χ1n) is 6.08. The second-order valence-corrected chi connectivity index (χ2v) is 4.64. The van der Waals surface area contributed by atoms with Gasteiger partial charge in [0.2, 0.25) is 0 Å². The molecule has 1 aromatic carbocycles. The molecule has 1 aliphatic heterocycles. The average Bonchev–Trinajstić information content (AvgIpc) is 2.31. The van der Waals surface area contributed by atoms with E-state index in [1.807, 2.05) is 0 Å². The van der Waals surface area contributed by atoms with Crippen molar-refractivity contribution in [2.45, 2.75) is 19.4 Å². The highest BCUT2D eigenvalue weighted by Gasteiger charge is 2.19. The van der Waals surface area contributed by atoms with Crippen LogP contribution in [0.25, 0.3) is 0 Å². The van der Waals surface area contributed by atoms with Crippen molar-refractivity contribution in [2.24, 2.45) is 11.8 Å². The maximum Gasteiger partial charge on any atom is 0.0233 e. The molecule has 1 fully saturated rings. The van der Waals surface area contributed by atoms with Crippen LogP contribution >= 0.6 is 0 Å². The minimum absolute atomic E-state index is 0.711. The molecule has 3 nitrogen and oxygen atoms in total. The Morgan fingerprint density at radius 1 is 1.31 bits per heavy atom. The molecule has 0 saturated carbocycles. The van der Waals surface area contributed by atoms with Gasteiger partial charge < -0.3 is 0 Å². The van der Waals surface area contributed by atoms with E-state index in [4.69, 9.17) is 5.84 Å². The van der Waals surface area contributed by atoms with Crippen LogP contribution in [0, 0.1) is 5.92 Å². The minimum atomic E-state index is 0.711. The van der Waals surface area contributed by atoms with Gasteiger partial charge in [-0.2, -0.15) is 0 Å².